The summed E-state index contributed by atoms with van der Waals surface area (Å²) in [5, 5.41) is 12.7. The Morgan fingerprint density at radius 1 is 1.35 bits per heavy atom. The quantitative estimate of drug-likeness (QED) is 0.839. The second kappa shape index (κ2) is 4.56. The van der Waals surface area contributed by atoms with Crippen LogP contribution in [0, 0.1) is 5.92 Å². The minimum Gasteiger partial charge on any atom is -0.508 e. The van der Waals surface area contributed by atoms with Crippen LogP contribution < -0.4 is 5.32 Å². The van der Waals surface area contributed by atoms with Crippen LogP contribution in [-0.4, -0.2) is 18.2 Å². The first-order valence-corrected chi connectivity index (χ1v) is 5.56. The van der Waals surface area contributed by atoms with E-state index < -0.39 is 11.7 Å². The Labute approximate surface area is 97.5 Å². The van der Waals surface area contributed by atoms with E-state index in [9.17, 15) is 18.3 Å². The highest BCUT2D eigenvalue weighted by atomic mass is 19.4. The van der Waals surface area contributed by atoms with Crippen molar-refractivity contribution >= 4 is 0 Å². The second-order valence-electron chi connectivity index (χ2n) is 4.40. The predicted molar refractivity (Wildman–Crippen MR) is 57.8 cm³/mol. The minimum atomic E-state index is -4.35. The number of nitrogens with one attached hydrogen (secondary N) is 1. The molecule has 0 aromatic heterocycles. The van der Waals surface area contributed by atoms with Crippen LogP contribution in [0.2, 0.25) is 0 Å². The molecule has 1 heterocycles. The van der Waals surface area contributed by atoms with Crippen molar-refractivity contribution in [2.75, 3.05) is 13.1 Å². The van der Waals surface area contributed by atoms with E-state index in [0.29, 0.717) is 17.9 Å². The van der Waals surface area contributed by atoms with Gasteiger partial charge in [-0.1, -0.05) is 0 Å². The van der Waals surface area contributed by atoms with E-state index in [1.54, 1.807) is 0 Å². The number of hydrogen-bond donors (Lipinski definition) is 2. The number of hydrogen-bond acceptors (Lipinski definition) is 2. The molecule has 1 aromatic carbocycles. The molecule has 94 valence electrons. The molecular formula is C12H14F3NO. The van der Waals surface area contributed by atoms with E-state index in [4.69, 9.17) is 0 Å². The van der Waals surface area contributed by atoms with Gasteiger partial charge in [0.1, 0.15) is 5.75 Å². The summed E-state index contributed by atoms with van der Waals surface area (Å²) in [6.45, 7) is 1.69. The molecule has 0 saturated carbocycles. The highest BCUT2D eigenvalue weighted by Crippen LogP contribution is 2.33. The zero-order chi connectivity index (χ0) is 12.5. The summed E-state index contributed by atoms with van der Waals surface area (Å²) in [6, 6.07) is 3.08. The maximum Gasteiger partial charge on any atom is 0.416 e. The number of rotatable bonds is 2. The fourth-order valence-electron chi connectivity index (χ4n) is 2.13. The predicted octanol–water partition coefficient (Wildman–Crippen LogP) is 2.56. The molecule has 1 aliphatic rings. The van der Waals surface area contributed by atoms with Crippen LogP contribution in [0.25, 0.3) is 0 Å². The third-order valence-corrected chi connectivity index (χ3v) is 3.08. The van der Waals surface area contributed by atoms with Gasteiger partial charge in [-0.25, -0.2) is 0 Å². The molecule has 1 aliphatic heterocycles. The molecule has 0 radical (unpaired) electrons. The molecule has 0 aliphatic carbocycles. The molecular weight excluding hydrogens is 231 g/mol. The number of aromatic hydroxyl groups is 1. The molecule has 2 N–H and O–H groups in total. The molecule has 0 spiro atoms. The number of alkyl halides is 3. The van der Waals surface area contributed by atoms with Crippen molar-refractivity contribution in [1.29, 1.82) is 0 Å². The highest BCUT2D eigenvalue weighted by Gasteiger charge is 2.31. The van der Waals surface area contributed by atoms with Crippen molar-refractivity contribution in [2.45, 2.75) is 19.0 Å². The summed E-state index contributed by atoms with van der Waals surface area (Å²) in [7, 11) is 0. The second-order valence-corrected chi connectivity index (χ2v) is 4.40. The molecule has 17 heavy (non-hydrogen) atoms. The van der Waals surface area contributed by atoms with Gasteiger partial charge >= 0.3 is 6.18 Å². The van der Waals surface area contributed by atoms with Crippen LogP contribution in [0.5, 0.6) is 5.75 Å². The number of benzene rings is 1. The highest BCUT2D eigenvalue weighted by molar-refractivity contribution is 5.37. The summed E-state index contributed by atoms with van der Waals surface area (Å²) in [5.74, 6) is 0.259. The van der Waals surface area contributed by atoms with Gasteiger partial charge in [-0.3, -0.25) is 0 Å². The van der Waals surface area contributed by atoms with Crippen LogP contribution in [0.1, 0.15) is 17.5 Å². The lowest BCUT2D eigenvalue weighted by molar-refractivity contribution is -0.137. The normalized spacial score (nSPS) is 20.8. The van der Waals surface area contributed by atoms with E-state index >= 15 is 0 Å². The Kier molecular flexibility index (Phi) is 3.28. The Bertz CT molecular complexity index is 397. The number of phenolic OH excluding ortho intramolecular Hbond substituents is 1. The smallest absolute Gasteiger partial charge is 0.416 e. The molecule has 0 bridgehead atoms. The minimum absolute atomic E-state index is 0.0510. The van der Waals surface area contributed by atoms with Gasteiger partial charge in [0.2, 0.25) is 0 Å². The Morgan fingerprint density at radius 2 is 2.12 bits per heavy atom. The zero-order valence-electron chi connectivity index (χ0n) is 9.22. The summed E-state index contributed by atoms with van der Waals surface area (Å²) >= 11 is 0. The fourth-order valence-corrected chi connectivity index (χ4v) is 2.13. The van der Waals surface area contributed by atoms with E-state index in [0.717, 1.165) is 37.7 Å². The van der Waals surface area contributed by atoms with E-state index in [-0.39, 0.29) is 5.75 Å². The van der Waals surface area contributed by atoms with Crippen LogP contribution in [-0.2, 0) is 12.6 Å². The maximum absolute atomic E-state index is 12.5. The Morgan fingerprint density at radius 3 is 2.71 bits per heavy atom. The van der Waals surface area contributed by atoms with Crippen LogP contribution >= 0.6 is 0 Å². The molecule has 2 rings (SSSR count). The van der Waals surface area contributed by atoms with Crippen LogP contribution in [0.4, 0.5) is 13.2 Å². The van der Waals surface area contributed by atoms with Crippen molar-refractivity contribution in [3.8, 4) is 5.75 Å². The SMILES string of the molecule is Oc1ccc(C(F)(F)F)cc1CC1CCNC1. The van der Waals surface area contributed by atoms with E-state index in [1.165, 1.54) is 0 Å². The summed E-state index contributed by atoms with van der Waals surface area (Å²) in [5.41, 5.74) is -0.315. The van der Waals surface area contributed by atoms with E-state index in [1.807, 2.05) is 0 Å². The molecule has 1 saturated heterocycles. The molecule has 1 unspecified atom stereocenters. The zero-order valence-corrected chi connectivity index (χ0v) is 9.22. The topological polar surface area (TPSA) is 32.3 Å². The lowest BCUT2D eigenvalue weighted by atomic mass is 9.96. The molecule has 5 heteroatoms. The van der Waals surface area contributed by atoms with E-state index in [2.05, 4.69) is 5.32 Å². The van der Waals surface area contributed by atoms with Crippen LogP contribution in [0.15, 0.2) is 18.2 Å². The van der Waals surface area contributed by atoms with Crippen LogP contribution in [0.3, 0.4) is 0 Å². The van der Waals surface area contributed by atoms with Crippen molar-refractivity contribution < 1.29 is 18.3 Å². The standard InChI is InChI=1S/C12H14F3NO/c13-12(14,15)10-1-2-11(17)9(6-10)5-8-3-4-16-7-8/h1-2,6,8,16-17H,3-5,7H2. The van der Waals surface area contributed by atoms with Gasteiger partial charge in [-0.2, -0.15) is 13.2 Å². The third kappa shape index (κ3) is 2.91. The lowest BCUT2D eigenvalue weighted by Crippen LogP contribution is -2.11. The van der Waals surface area contributed by atoms with Gasteiger partial charge in [0, 0.05) is 0 Å². The first kappa shape index (κ1) is 12.2. The number of halogens is 3. The van der Waals surface area contributed by atoms with Gasteiger partial charge < -0.3 is 10.4 Å². The molecule has 0 amide bonds. The maximum atomic E-state index is 12.5. The Balaban J connectivity index is 2.20. The number of phenols is 1. The first-order valence-electron chi connectivity index (χ1n) is 5.56. The summed E-state index contributed by atoms with van der Waals surface area (Å²) in [4.78, 5) is 0. The largest absolute Gasteiger partial charge is 0.508 e. The average Bonchev–Trinajstić information content (AvgIpc) is 2.72. The molecule has 1 aromatic rings. The van der Waals surface area contributed by atoms with Gasteiger partial charge in [0.15, 0.2) is 0 Å². The van der Waals surface area contributed by atoms with Gasteiger partial charge in [0.05, 0.1) is 5.56 Å². The van der Waals surface area contributed by atoms with Crippen molar-refractivity contribution in [3.05, 3.63) is 29.3 Å². The fraction of sp³-hybridized carbons (Fsp3) is 0.500. The summed E-state index contributed by atoms with van der Waals surface area (Å²) < 4.78 is 37.6. The Hall–Kier alpha value is -1.23. The van der Waals surface area contributed by atoms with Gasteiger partial charge in [-0.05, 0) is 55.6 Å². The molecule has 1 atom stereocenters. The van der Waals surface area contributed by atoms with Crippen molar-refractivity contribution in [2.24, 2.45) is 5.92 Å². The van der Waals surface area contributed by atoms with Gasteiger partial charge in [0.25, 0.3) is 0 Å². The molecule has 2 nitrogen and oxygen atoms in total. The van der Waals surface area contributed by atoms with Crippen molar-refractivity contribution in [1.82, 2.24) is 5.32 Å². The first-order chi connectivity index (χ1) is 7.97. The van der Waals surface area contributed by atoms with Gasteiger partial charge in [-0.15, -0.1) is 0 Å². The van der Waals surface area contributed by atoms with Crippen molar-refractivity contribution in [3.63, 3.8) is 0 Å². The third-order valence-electron chi connectivity index (χ3n) is 3.08. The average molecular weight is 245 g/mol. The summed E-state index contributed by atoms with van der Waals surface area (Å²) in [6.07, 6.45) is -2.92. The lowest BCUT2D eigenvalue weighted by Gasteiger charge is -2.13. The molecule has 1 fully saturated rings. The monoisotopic (exact) mass is 245 g/mol.